The zero-order valence-electron chi connectivity index (χ0n) is 13.6. The van der Waals surface area contributed by atoms with Crippen LogP contribution < -0.4 is 5.32 Å². The summed E-state index contributed by atoms with van der Waals surface area (Å²) in [6.45, 7) is 1.69. The first-order valence-corrected chi connectivity index (χ1v) is 8.03. The molecule has 1 amide bonds. The molecule has 0 unspecified atom stereocenters. The topological polar surface area (TPSA) is 77.5 Å². The Bertz CT molecular complexity index is 779. The van der Waals surface area contributed by atoms with Crippen LogP contribution in [0.5, 0.6) is 0 Å². The summed E-state index contributed by atoms with van der Waals surface area (Å²) in [5, 5.41) is 3.11. The van der Waals surface area contributed by atoms with Crippen LogP contribution in [-0.4, -0.2) is 30.6 Å². The molecule has 8 heteroatoms. The summed E-state index contributed by atoms with van der Waals surface area (Å²) in [7, 11) is 1.59. The van der Waals surface area contributed by atoms with E-state index in [0.717, 1.165) is 5.56 Å². The number of nitrogens with one attached hydrogen (secondary N) is 1. The lowest BCUT2D eigenvalue weighted by Crippen LogP contribution is -2.21. The molecule has 0 aliphatic heterocycles. The summed E-state index contributed by atoms with van der Waals surface area (Å²) in [4.78, 5) is 27.8. The van der Waals surface area contributed by atoms with Crippen molar-refractivity contribution >= 4 is 40.9 Å². The quantitative estimate of drug-likeness (QED) is 0.771. The van der Waals surface area contributed by atoms with Gasteiger partial charge in [0.25, 0.3) is 5.91 Å². The number of anilines is 1. The zero-order valence-corrected chi connectivity index (χ0v) is 15.1. The number of amides is 1. The molecule has 1 heterocycles. The second-order valence-electron chi connectivity index (χ2n) is 5.15. The van der Waals surface area contributed by atoms with Crippen molar-refractivity contribution in [3.05, 3.63) is 57.2 Å². The second kappa shape index (κ2) is 8.80. The molecule has 1 aromatic carbocycles. The summed E-state index contributed by atoms with van der Waals surface area (Å²) >= 11 is 11.9. The number of halogens is 2. The summed E-state index contributed by atoms with van der Waals surface area (Å²) in [6.07, 6.45) is 1.38. The highest BCUT2D eigenvalue weighted by molar-refractivity contribution is 6.37. The van der Waals surface area contributed by atoms with Crippen molar-refractivity contribution in [2.24, 2.45) is 0 Å². The van der Waals surface area contributed by atoms with Crippen molar-refractivity contribution in [3.63, 3.8) is 0 Å². The molecule has 2 rings (SSSR count). The molecule has 1 N–H and O–H groups in total. The first kappa shape index (κ1) is 19.2. The lowest BCUT2D eigenvalue weighted by molar-refractivity contribution is -0.119. The van der Waals surface area contributed by atoms with Crippen molar-refractivity contribution in [2.45, 2.75) is 13.5 Å². The van der Waals surface area contributed by atoms with E-state index in [9.17, 15) is 9.59 Å². The van der Waals surface area contributed by atoms with Gasteiger partial charge >= 0.3 is 5.97 Å². The molecule has 0 saturated heterocycles. The largest absolute Gasteiger partial charge is 0.452 e. The minimum absolute atomic E-state index is 0.161. The van der Waals surface area contributed by atoms with Crippen LogP contribution >= 0.6 is 23.2 Å². The molecule has 0 spiro atoms. The van der Waals surface area contributed by atoms with E-state index in [1.165, 1.54) is 6.20 Å². The normalized spacial score (nSPS) is 10.4. The maximum absolute atomic E-state index is 11.9. The van der Waals surface area contributed by atoms with Gasteiger partial charge in [-0.3, -0.25) is 4.79 Å². The third-order valence-electron chi connectivity index (χ3n) is 3.30. The van der Waals surface area contributed by atoms with Gasteiger partial charge in [-0.25, -0.2) is 9.78 Å². The predicted octanol–water partition coefficient (Wildman–Crippen LogP) is 3.64. The number of aromatic nitrogens is 1. The number of hydrogen-bond acceptors (Lipinski definition) is 5. The van der Waals surface area contributed by atoms with Crippen molar-refractivity contribution in [1.82, 2.24) is 4.98 Å². The third kappa shape index (κ3) is 5.16. The number of esters is 1. The molecule has 0 saturated carbocycles. The van der Waals surface area contributed by atoms with E-state index in [1.54, 1.807) is 38.3 Å². The maximum Gasteiger partial charge on any atom is 0.338 e. The molecular formula is C17H16Cl2N2O4. The number of rotatable bonds is 6. The SMILES string of the molecule is COCc1ccc(C(=O)OCC(=O)Nc2ncc(Cl)c(C)c2Cl)cc1. The fourth-order valence-corrected chi connectivity index (χ4v) is 2.32. The van der Waals surface area contributed by atoms with Gasteiger partial charge in [-0.2, -0.15) is 0 Å². The standard InChI is InChI=1S/C17H16Cl2N2O4/c1-10-13(18)7-20-16(15(10)19)21-14(22)9-25-17(23)12-5-3-11(4-6-12)8-24-2/h3-7H,8-9H2,1-2H3,(H,20,21,22). The molecular weight excluding hydrogens is 367 g/mol. The van der Waals surface area contributed by atoms with Crippen LogP contribution in [-0.2, 0) is 20.9 Å². The molecule has 0 atom stereocenters. The Morgan fingerprint density at radius 1 is 1.20 bits per heavy atom. The van der Waals surface area contributed by atoms with Crippen LogP contribution in [0.2, 0.25) is 10.0 Å². The van der Waals surface area contributed by atoms with Crippen molar-refractivity contribution in [1.29, 1.82) is 0 Å². The smallest absolute Gasteiger partial charge is 0.338 e. The van der Waals surface area contributed by atoms with Crippen LogP contribution in [0.4, 0.5) is 5.82 Å². The number of carbonyl (C=O) groups excluding carboxylic acids is 2. The molecule has 2 aromatic rings. The van der Waals surface area contributed by atoms with E-state index in [1.807, 2.05) is 0 Å². The fraction of sp³-hybridized carbons (Fsp3) is 0.235. The van der Waals surface area contributed by atoms with Gasteiger partial charge in [-0.15, -0.1) is 0 Å². The van der Waals surface area contributed by atoms with E-state index in [0.29, 0.717) is 22.8 Å². The number of nitrogens with zero attached hydrogens (tertiary/aromatic N) is 1. The van der Waals surface area contributed by atoms with Gasteiger partial charge in [-0.05, 0) is 30.2 Å². The first-order valence-electron chi connectivity index (χ1n) is 7.27. The minimum atomic E-state index is -0.606. The molecule has 0 aliphatic rings. The van der Waals surface area contributed by atoms with Gasteiger partial charge in [0, 0.05) is 13.3 Å². The number of pyridine rings is 1. The van der Waals surface area contributed by atoms with E-state index >= 15 is 0 Å². The number of carbonyl (C=O) groups is 2. The average molecular weight is 383 g/mol. The average Bonchev–Trinajstić information content (AvgIpc) is 2.61. The molecule has 6 nitrogen and oxygen atoms in total. The fourth-order valence-electron chi connectivity index (χ4n) is 1.93. The molecule has 25 heavy (non-hydrogen) atoms. The van der Waals surface area contributed by atoms with Crippen molar-refractivity contribution in [2.75, 3.05) is 19.0 Å². The molecule has 0 radical (unpaired) electrons. The number of ether oxygens (including phenoxy) is 2. The Hall–Kier alpha value is -2.15. The number of benzene rings is 1. The summed E-state index contributed by atoms with van der Waals surface area (Å²) in [5.74, 6) is -1.00. The Kier molecular flexibility index (Phi) is 6.75. The van der Waals surface area contributed by atoms with Crippen LogP contribution in [0.15, 0.2) is 30.5 Å². The molecule has 0 fully saturated rings. The highest BCUT2D eigenvalue weighted by Gasteiger charge is 2.14. The van der Waals surface area contributed by atoms with Gasteiger partial charge in [0.2, 0.25) is 0 Å². The van der Waals surface area contributed by atoms with Crippen LogP contribution in [0.3, 0.4) is 0 Å². The van der Waals surface area contributed by atoms with E-state index in [4.69, 9.17) is 32.7 Å². The van der Waals surface area contributed by atoms with E-state index in [2.05, 4.69) is 10.3 Å². The first-order chi connectivity index (χ1) is 11.9. The van der Waals surface area contributed by atoms with Gasteiger partial charge in [0.15, 0.2) is 12.4 Å². The number of methoxy groups -OCH3 is 1. The van der Waals surface area contributed by atoms with Crippen molar-refractivity contribution in [3.8, 4) is 0 Å². The molecule has 132 valence electrons. The van der Waals surface area contributed by atoms with Gasteiger partial charge in [0.1, 0.15) is 0 Å². The Morgan fingerprint density at radius 3 is 2.52 bits per heavy atom. The second-order valence-corrected chi connectivity index (χ2v) is 5.93. The highest BCUT2D eigenvalue weighted by Crippen LogP contribution is 2.28. The Balaban J connectivity index is 1.91. The Morgan fingerprint density at radius 2 is 1.88 bits per heavy atom. The van der Waals surface area contributed by atoms with Gasteiger partial charge < -0.3 is 14.8 Å². The molecule has 0 bridgehead atoms. The lowest BCUT2D eigenvalue weighted by Gasteiger charge is -2.09. The van der Waals surface area contributed by atoms with Crippen LogP contribution in [0.25, 0.3) is 0 Å². The van der Waals surface area contributed by atoms with Crippen LogP contribution in [0.1, 0.15) is 21.5 Å². The highest BCUT2D eigenvalue weighted by atomic mass is 35.5. The zero-order chi connectivity index (χ0) is 18.4. The van der Waals surface area contributed by atoms with Gasteiger partial charge in [0.05, 0.1) is 22.2 Å². The summed E-state index contributed by atoms with van der Waals surface area (Å²) in [6, 6.07) is 6.71. The molecule has 1 aromatic heterocycles. The maximum atomic E-state index is 11.9. The van der Waals surface area contributed by atoms with E-state index < -0.39 is 18.5 Å². The van der Waals surface area contributed by atoms with Crippen molar-refractivity contribution < 1.29 is 19.1 Å². The Labute approximate surface area is 155 Å². The summed E-state index contributed by atoms with van der Waals surface area (Å²) < 4.78 is 9.97. The summed E-state index contributed by atoms with van der Waals surface area (Å²) in [5.41, 5.74) is 1.86. The third-order valence-corrected chi connectivity index (χ3v) is 4.14. The number of hydrogen-bond donors (Lipinski definition) is 1. The van der Waals surface area contributed by atoms with Gasteiger partial charge in [-0.1, -0.05) is 35.3 Å². The lowest BCUT2D eigenvalue weighted by atomic mass is 10.1. The minimum Gasteiger partial charge on any atom is -0.452 e. The van der Waals surface area contributed by atoms with E-state index in [-0.39, 0.29) is 10.8 Å². The monoisotopic (exact) mass is 382 g/mol. The predicted molar refractivity (Wildman–Crippen MR) is 95.1 cm³/mol. The molecule has 0 aliphatic carbocycles. The van der Waals surface area contributed by atoms with Crippen LogP contribution in [0, 0.1) is 6.92 Å².